The summed E-state index contributed by atoms with van der Waals surface area (Å²) in [6, 6.07) is 1.56. The van der Waals surface area contributed by atoms with Crippen molar-refractivity contribution < 1.29 is 22.7 Å². The number of piperidine rings is 1. The second kappa shape index (κ2) is 6.97. The summed E-state index contributed by atoms with van der Waals surface area (Å²) < 4.78 is 45.1. The van der Waals surface area contributed by atoms with E-state index in [2.05, 4.69) is 10.3 Å². The van der Waals surface area contributed by atoms with Crippen LogP contribution in [0.15, 0.2) is 18.5 Å². The molecule has 0 saturated carbocycles. The minimum atomic E-state index is -4.39. The van der Waals surface area contributed by atoms with E-state index < -0.39 is 29.8 Å². The van der Waals surface area contributed by atoms with E-state index in [1.165, 1.54) is 17.3 Å². The number of ether oxygens (including phenoxy) is 1. The zero-order valence-corrected chi connectivity index (χ0v) is 14.4. The number of nitrogens with zero attached hydrogens (tertiary/aromatic N) is 2. The van der Waals surface area contributed by atoms with Crippen molar-refractivity contribution in [2.45, 2.75) is 45.0 Å². The van der Waals surface area contributed by atoms with Crippen LogP contribution in [0, 0.1) is 5.92 Å². The van der Waals surface area contributed by atoms with Gasteiger partial charge in [0.2, 0.25) is 0 Å². The molecule has 0 radical (unpaired) electrons. The van der Waals surface area contributed by atoms with Crippen LogP contribution in [0.2, 0.25) is 0 Å². The van der Waals surface area contributed by atoms with Crippen LogP contribution in [0.1, 0.15) is 27.2 Å². The molecule has 1 saturated heterocycles. The Kier molecular flexibility index (Phi) is 5.34. The van der Waals surface area contributed by atoms with E-state index >= 15 is 0 Å². The van der Waals surface area contributed by atoms with E-state index in [0.717, 1.165) is 0 Å². The first-order valence-electron chi connectivity index (χ1n) is 7.95. The second-order valence-corrected chi connectivity index (χ2v) is 7.22. The highest BCUT2D eigenvalue weighted by Crippen LogP contribution is 2.37. The average Bonchev–Trinajstić information content (AvgIpc) is 2.44. The van der Waals surface area contributed by atoms with E-state index in [1.807, 2.05) is 0 Å². The lowest BCUT2D eigenvalue weighted by Crippen LogP contribution is -2.51. The summed E-state index contributed by atoms with van der Waals surface area (Å²) in [6.45, 7) is 5.18. The maximum absolute atomic E-state index is 13.3. The van der Waals surface area contributed by atoms with Crippen LogP contribution in [0.25, 0.3) is 0 Å². The van der Waals surface area contributed by atoms with Gasteiger partial charge >= 0.3 is 12.3 Å². The standard InChI is InChI=1S/C16H23F3N4O2/c1-15(2,3)22-14(24)25-11-6-10(16(17,18)19)8-23(9-11)13-4-5-21-7-12(13)20/h4-5,7,10-11H,6,8-9,20H2,1-3H3,(H,22,24)/t10-,11+/m1/s1. The zero-order chi connectivity index (χ0) is 18.8. The normalized spacial score (nSPS) is 21.8. The highest BCUT2D eigenvalue weighted by Gasteiger charge is 2.45. The van der Waals surface area contributed by atoms with Crippen molar-refractivity contribution in [1.82, 2.24) is 10.3 Å². The first-order valence-corrected chi connectivity index (χ1v) is 7.95. The van der Waals surface area contributed by atoms with Gasteiger partial charge in [-0.05, 0) is 33.3 Å². The molecule has 0 aliphatic carbocycles. The molecule has 2 atom stereocenters. The number of hydrogen-bond acceptors (Lipinski definition) is 5. The number of anilines is 2. The van der Waals surface area contributed by atoms with Gasteiger partial charge in [-0.2, -0.15) is 13.2 Å². The fourth-order valence-electron chi connectivity index (χ4n) is 2.75. The third-order valence-electron chi connectivity index (χ3n) is 3.79. The molecule has 1 amide bonds. The summed E-state index contributed by atoms with van der Waals surface area (Å²) in [4.78, 5) is 17.3. The molecule has 0 bridgehead atoms. The quantitative estimate of drug-likeness (QED) is 0.848. The number of amides is 1. The predicted octanol–water partition coefficient (Wildman–Crippen LogP) is 2.95. The molecule has 2 heterocycles. The third-order valence-corrected chi connectivity index (χ3v) is 3.79. The molecule has 0 unspecified atom stereocenters. The molecule has 6 nitrogen and oxygen atoms in total. The number of halogens is 3. The number of hydrogen-bond donors (Lipinski definition) is 2. The van der Waals surface area contributed by atoms with Crippen LogP contribution < -0.4 is 16.0 Å². The summed E-state index contributed by atoms with van der Waals surface area (Å²) >= 11 is 0. The number of alkyl halides is 3. The highest BCUT2D eigenvalue weighted by atomic mass is 19.4. The van der Waals surface area contributed by atoms with Gasteiger partial charge in [0, 0.05) is 18.3 Å². The first kappa shape index (κ1) is 19.1. The monoisotopic (exact) mass is 360 g/mol. The van der Waals surface area contributed by atoms with Crippen LogP contribution in [0.5, 0.6) is 0 Å². The van der Waals surface area contributed by atoms with Gasteiger partial charge in [-0.15, -0.1) is 0 Å². The number of aromatic nitrogens is 1. The van der Waals surface area contributed by atoms with Crippen LogP contribution >= 0.6 is 0 Å². The van der Waals surface area contributed by atoms with Crippen LogP contribution in [-0.4, -0.2) is 42.0 Å². The molecule has 9 heteroatoms. The summed E-state index contributed by atoms with van der Waals surface area (Å²) in [6.07, 6.45) is -3.44. The highest BCUT2D eigenvalue weighted by molar-refractivity contribution is 5.69. The Morgan fingerprint density at radius 1 is 1.36 bits per heavy atom. The smallest absolute Gasteiger partial charge is 0.407 e. The van der Waals surface area contributed by atoms with E-state index in [4.69, 9.17) is 10.5 Å². The maximum atomic E-state index is 13.3. The van der Waals surface area contributed by atoms with E-state index in [1.54, 1.807) is 26.8 Å². The van der Waals surface area contributed by atoms with Gasteiger partial charge in [-0.1, -0.05) is 0 Å². The Hall–Kier alpha value is -2.19. The molecule has 25 heavy (non-hydrogen) atoms. The fraction of sp³-hybridized carbons (Fsp3) is 0.625. The molecule has 1 aliphatic heterocycles. The van der Waals surface area contributed by atoms with Gasteiger partial charge in [0.15, 0.2) is 0 Å². The van der Waals surface area contributed by atoms with Gasteiger partial charge in [0.25, 0.3) is 0 Å². The lowest BCUT2D eigenvalue weighted by molar-refractivity contribution is -0.182. The van der Waals surface area contributed by atoms with Crippen molar-refractivity contribution in [1.29, 1.82) is 0 Å². The Balaban J connectivity index is 2.17. The minimum absolute atomic E-state index is 0.137. The van der Waals surface area contributed by atoms with E-state index in [9.17, 15) is 18.0 Å². The third kappa shape index (κ3) is 5.40. The number of alkyl carbamates (subject to hydrolysis) is 1. The average molecular weight is 360 g/mol. The maximum Gasteiger partial charge on any atom is 0.407 e. The van der Waals surface area contributed by atoms with Crippen molar-refractivity contribution in [3.8, 4) is 0 Å². The zero-order valence-electron chi connectivity index (χ0n) is 14.4. The van der Waals surface area contributed by atoms with Gasteiger partial charge in [-0.25, -0.2) is 4.79 Å². The van der Waals surface area contributed by atoms with Gasteiger partial charge in [0.05, 0.1) is 30.0 Å². The second-order valence-electron chi connectivity index (χ2n) is 7.22. The molecule has 0 spiro atoms. The topological polar surface area (TPSA) is 80.5 Å². The molecular formula is C16H23F3N4O2. The minimum Gasteiger partial charge on any atom is -0.444 e. The molecule has 3 N–H and O–H groups in total. The molecule has 1 fully saturated rings. The number of nitrogens with one attached hydrogen (secondary N) is 1. The van der Waals surface area contributed by atoms with E-state index in [-0.39, 0.29) is 25.2 Å². The number of nitrogen functional groups attached to an aromatic ring is 1. The number of rotatable bonds is 2. The Morgan fingerprint density at radius 2 is 2.04 bits per heavy atom. The molecular weight excluding hydrogens is 337 g/mol. The number of carbonyl (C=O) groups excluding carboxylic acids is 1. The molecule has 1 aromatic rings. The van der Waals surface area contributed by atoms with Crippen molar-refractivity contribution in [2.75, 3.05) is 23.7 Å². The van der Waals surface area contributed by atoms with Crippen LogP contribution in [0.3, 0.4) is 0 Å². The predicted molar refractivity (Wildman–Crippen MR) is 88.2 cm³/mol. The summed E-state index contributed by atoms with van der Waals surface area (Å²) in [5.74, 6) is -1.61. The Bertz CT molecular complexity index is 616. The molecule has 0 aromatic carbocycles. The largest absolute Gasteiger partial charge is 0.444 e. The molecule has 2 rings (SSSR count). The Morgan fingerprint density at radius 3 is 2.60 bits per heavy atom. The van der Waals surface area contributed by atoms with Gasteiger partial charge < -0.3 is 20.7 Å². The summed E-state index contributed by atoms with van der Waals surface area (Å²) in [5.41, 5.74) is 6.03. The first-order chi connectivity index (χ1) is 11.5. The summed E-state index contributed by atoms with van der Waals surface area (Å²) in [5, 5.41) is 2.59. The van der Waals surface area contributed by atoms with Crippen molar-refractivity contribution in [3.63, 3.8) is 0 Å². The SMILES string of the molecule is CC(C)(C)NC(=O)O[C@H]1C[C@@H](C(F)(F)F)CN(c2ccncc2N)C1. The number of pyridine rings is 1. The lowest BCUT2D eigenvalue weighted by Gasteiger charge is -2.39. The van der Waals surface area contributed by atoms with Crippen LogP contribution in [0.4, 0.5) is 29.3 Å². The molecule has 1 aromatic heterocycles. The Labute approximate surface area is 144 Å². The van der Waals surface area contributed by atoms with Crippen molar-refractivity contribution in [3.05, 3.63) is 18.5 Å². The molecule has 1 aliphatic rings. The number of nitrogens with two attached hydrogens (primary N) is 1. The lowest BCUT2D eigenvalue weighted by atomic mass is 9.94. The van der Waals surface area contributed by atoms with Crippen LogP contribution in [-0.2, 0) is 4.74 Å². The van der Waals surface area contributed by atoms with Gasteiger partial charge in [0.1, 0.15) is 6.10 Å². The van der Waals surface area contributed by atoms with Crippen molar-refractivity contribution in [2.24, 2.45) is 5.92 Å². The van der Waals surface area contributed by atoms with Crippen molar-refractivity contribution >= 4 is 17.5 Å². The summed E-state index contributed by atoms with van der Waals surface area (Å²) in [7, 11) is 0. The molecule has 140 valence electrons. The fourth-order valence-corrected chi connectivity index (χ4v) is 2.75. The number of carbonyl (C=O) groups is 1. The van der Waals surface area contributed by atoms with Gasteiger partial charge in [-0.3, -0.25) is 4.98 Å². The van der Waals surface area contributed by atoms with E-state index in [0.29, 0.717) is 5.69 Å².